The van der Waals surface area contributed by atoms with E-state index in [-0.39, 0.29) is 50.5 Å². The highest BCUT2D eigenvalue weighted by Gasteiger charge is 2.32. The number of amides is 2. The zero-order valence-corrected chi connectivity index (χ0v) is 31.6. The first-order chi connectivity index (χ1) is 24.2. The van der Waals surface area contributed by atoms with Crippen molar-refractivity contribution in [3.05, 3.63) is 127 Å². The molecule has 0 heterocycles. The summed E-state index contributed by atoms with van der Waals surface area (Å²) in [5, 5.41) is 4.21. The highest BCUT2D eigenvalue weighted by Crippen LogP contribution is 2.48. The molecule has 14 heteroatoms. The third kappa shape index (κ3) is 12.2. The van der Waals surface area contributed by atoms with Gasteiger partial charge in [-0.1, -0.05) is 131 Å². The smallest absolute Gasteiger partial charge is 0.408 e. The molecule has 0 saturated carbocycles. The van der Waals surface area contributed by atoms with Crippen LogP contribution >= 0.6 is 58.0 Å². The fourth-order valence-corrected chi connectivity index (χ4v) is 5.71. The van der Waals surface area contributed by atoms with E-state index < -0.39 is 35.7 Å². The maximum Gasteiger partial charge on any atom is 0.408 e. The van der Waals surface area contributed by atoms with Gasteiger partial charge in [0.15, 0.2) is 11.8 Å². The average Bonchev–Trinajstić information content (AvgIpc) is 3.10. The number of carbonyl (C=O) groups excluding carboxylic acids is 3. The van der Waals surface area contributed by atoms with Gasteiger partial charge in [0.05, 0.1) is 28.3 Å². The molecule has 0 aliphatic carbocycles. The lowest BCUT2D eigenvalue weighted by atomic mass is 10.0. The number of benzene rings is 4. The van der Waals surface area contributed by atoms with Crippen molar-refractivity contribution in [1.82, 2.24) is 10.6 Å². The van der Waals surface area contributed by atoms with Crippen LogP contribution in [0.25, 0.3) is 0 Å². The molecule has 2 amide bonds. The Labute approximate surface area is 321 Å². The van der Waals surface area contributed by atoms with Crippen molar-refractivity contribution < 1.29 is 33.3 Å². The van der Waals surface area contributed by atoms with E-state index >= 15 is 0 Å². The maximum absolute atomic E-state index is 13.9. The Hall–Kier alpha value is -3.70. The molecule has 0 radical (unpaired) electrons. The van der Waals surface area contributed by atoms with Crippen LogP contribution in [0, 0.1) is 0 Å². The quantitative estimate of drug-likeness (QED) is 0.0567. The Balaban J connectivity index is 1.55. The lowest BCUT2D eigenvalue weighted by Crippen LogP contribution is -2.55. The van der Waals surface area contributed by atoms with Crippen LogP contribution in [0.3, 0.4) is 0 Å². The van der Waals surface area contributed by atoms with E-state index in [1.165, 1.54) is 0 Å². The fraction of sp³-hybridized carbons (Fsp3) is 0.270. The number of halogens is 5. The minimum Gasteiger partial charge on any atom is -0.489 e. The van der Waals surface area contributed by atoms with E-state index in [2.05, 4.69) is 10.6 Å². The van der Waals surface area contributed by atoms with Gasteiger partial charge < -0.3 is 29.6 Å². The Morgan fingerprint density at radius 2 is 1.18 bits per heavy atom. The topological polar surface area (TPSA) is 112 Å². The molecule has 51 heavy (non-hydrogen) atoms. The van der Waals surface area contributed by atoms with E-state index in [9.17, 15) is 14.4 Å². The molecule has 2 N–H and O–H groups in total. The van der Waals surface area contributed by atoms with E-state index in [0.29, 0.717) is 17.9 Å². The lowest BCUT2D eigenvalue weighted by Gasteiger charge is -2.25. The van der Waals surface area contributed by atoms with Crippen molar-refractivity contribution in [3.8, 4) is 11.5 Å². The van der Waals surface area contributed by atoms with Crippen LogP contribution in [0.15, 0.2) is 84.9 Å². The van der Waals surface area contributed by atoms with Gasteiger partial charge >= 0.3 is 12.1 Å². The minimum atomic E-state index is -1.42. The summed E-state index contributed by atoms with van der Waals surface area (Å²) in [5.74, 6) is -1.49. The molecule has 2 unspecified atom stereocenters. The molecule has 4 rings (SSSR count). The number of carbonyl (C=O) groups is 3. The summed E-state index contributed by atoms with van der Waals surface area (Å²) < 4.78 is 22.6. The highest BCUT2D eigenvalue weighted by molar-refractivity contribution is 6.55. The van der Waals surface area contributed by atoms with Crippen molar-refractivity contribution in [1.29, 1.82) is 0 Å². The van der Waals surface area contributed by atoms with Crippen LogP contribution in [0.1, 0.15) is 37.5 Å². The van der Waals surface area contributed by atoms with Gasteiger partial charge in [0.25, 0.3) is 0 Å². The molecular formula is C37H35Cl5N2O7. The van der Waals surface area contributed by atoms with E-state index in [4.69, 9.17) is 77.0 Å². The van der Waals surface area contributed by atoms with Crippen molar-refractivity contribution in [2.75, 3.05) is 6.61 Å². The Morgan fingerprint density at radius 3 is 1.73 bits per heavy atom. The Kier molecular flexibility index (Phi) is 14.7. The van der Waals surface area contributed by atoms with Gasteiger partial charge in [0, 0.05) is 6.42 Å². The molecule has 4 aromatic carbocycles. The molecule has 0 aromatic heterocycles. The standard InChI is InChI=1S/C37H35Cl5N2O7/c1-37(2,3)51-36(47)44-26(18-22-14-16-25(17-15-22)49-20-24-12-8-5-9-13-24)34(45)43-27(21-48-19-23-10-6-4-7-11-23)35(46)50-33-31(41)29(39)28(38)30(40)32(33)42/h4-17,26-27H,18-21H2,1-3H3,(H,43,45)(H,44,47). The van der Waals surface area contributed by atoms with Gasteiger partial charge in [-0.05, 0) is 49.6 Å². The normalized spacial score (nSPS) is 12.4. The Bertz CT molecular complexity index is 1780. The summed E-state index contributed by atoms with van der Waals surface area (Å²) in [7, 11) is 0. The van der Waals surface area contributed by atoms with Crippen LogP contribution in [0.5, 0.6) is 11.5 Å². The van der Waals surface area contributed by atoms with Crippen molar-refractivity contribution >= 4 is 76.0 Å². The number of nitrogens with one attached hydrogen (secondary N) is 2. The first kappa shape index (κ1) is 40.1. The second kappa shape index (κ2) is 18.7. The summed E-state index contributed by atoms with van der Waals surface area (Å²) in [6, 6.07) is 23.3. The molecule has 0 aliphatic heterocycles. The first-order valence-corrected chi connectivity index (χ1v) is 17.5. The summed E-state index contributed by atoms with van der Waals surface area (Å²) in [5.41, 5.74) is 1.66. The van der Waals surface area contributed by atoms with Crippen LogP contribution in [0.2, 0.25) is 25.1 Å². The van der Waals surface area contributed by atoms with Gasteiger partial charge in [-0.25, -0.2) is 9.59 Å². The summed E-state index contributed by atoms with van der Waals surface area (Å²) in [6.45, 7) is 5.22. The van der Waals surface area contributed by atoms with E-state index in [0.717, 1.165) is 11.1 Å². The third-order valence-corrected chi connectivity index (χ3v) is 9.23. The predicted molar refractivity (Wildman–Crippen MR) is 199 cm³/mol. The first-order valence-electron chi connectivity index (χ1n) is 15.6. The molecular weight excluding hydrogens is 762 g/mol. The third-order valence-electron chi connectivity index (χ3n) is 6.99. The Morgan fingerprint density at radius 1 is 0.647 bits per heavy atom. The zero-order valence-electron chi connectivity index (χ0n) is 27.8. The number of ether oxygens (including phenoxy) is 4. The SMILES string of the molecule is CC(C)(C)OC(=O)NC(Cc1ccc(OCc2ccccc2)cc1)C(=O)NC(COCc1ccccc1)C(=O)Oc1c(Cl)c(Cl)c(Cl)c(Cl)c1Cl. The highest BCUT2D eigenvalue weighted by atomic mass is 35.5. The average molecular weight is 797 g/mol. The second-order valence-electron chi connectivity index (χ2n) is 12.2. The number of hydrogen-bond donors (Lipinski definition) is 2. The molecule has 0 spiro atoms. The van der Waals surface area contributed by atoms with Gasteiger partial charge in [-0.15, -0.1) is 0 Å². The lowest BCUT2D eigenvalue weighted by molar-refractivity contribution is -0.141. The molecule has 4 aromatic rings. The number of hydrogen-bond acceptors (Lipinski definition) is 7. The zero-order chi connectivity index (χ0) is 37.1. The van der Waals surface area contributed by atoms with Crippen LogP contribution in [0.4, 0.5) is 4.79 Å². The monoisotopic (exact) mass is 794 g/mol. The molecule has 0 saturated heterocycles. The summed E-state index contributed by atoms with van der Waals surface area (Å²) in [6.07, 6.45) is -0.814. The molecule has 0 bridgehead atoms. The van der Waals surface area contributed by atoms with Gasteiger partial charge in [0.2, 0.25) is 5.91 Å². The van der Waals surface area contributed by atoms with Gasteiger partial charge in [0.1, 0.15) is 34.0 Å². The minimum absolute atomic E-state index is 0.0245. The molecule has 270 valence electrons. The fourth-order valence-electron chi connectivity index (χ4n) is 4.51. The summed E-state index contributed by atoms with van der Waals surface area (Å²) >= 11 is 31.0. The van der Waals surface area contributed by atoms with Gasteiger partial charge in [-0.2, -0.15) is 0 Å². The summed E-state index contributed by atoms with van der Waals surface area (Å²) in [4.78, 5) is 40.4. The molecule has 0 fully saturated rings. The number of alkyl carbamates (subject to hydrolysis) is 1. The predicted octanol–water partition coefficient (Wildman–Crippen LogP) is 9.28. The van der Waals surface area contributed by atoms with E-state index in [1.807, 2.05) is 60.7 Å². The van der Waals surface area contributed by atoms with Crippen molar-refractivity contribution in [2.24, 2.45) is 0 Å². The molecule has 9 nitrogen and oxygen atoms in total. The number of esters is 1. The van der Waals surface area contributed by atoms with Crippen LogP contribution < -0.4 is 20.1 Å². The van der Waals surface area contributed by atoms with Crippen LogP contribution in [-0.2, 0) is 38.7 Å². The maximum atomic E-state index is 13.9. The molecule has 0 aliphatic rings. The number of rotatable bonds is 14. The van der Waals surface area contributed by atoms with Crippen molar-refractivity contribution in [2.45, 2.75) is 58.1 Å². The largest absolute Gasteiger partial charge is 0.489 e. The molecule has 2 atom stereocenters. The second-order valence-corrected chi connectivity index (χ2v) is 14.1. The van der Waals surface area contributed by atoms with E-state index in [1.54, 1.807) is 45.0 Å². The van der Waals surface area contributed by atoms with Gasteiger partial charge in [-0.3, -0.25) is 4.79 Å². The van der Waals surface area contributed by atoms with Crippen molar-refractivity contribution in [3.63, 3.8) is 0 Å². The van der Waals surface area contributed by atoms with Crippen LogP contribution in [-0.4, -0.2) is 42.3 Å².